The summed E-state index contributed by atoms with van der Waals surface area (Å²) in [7, 11) is 0. The van der Waals surface area contributed by atoms with Crippen LogP contribution in [0.1, 0.15) is 32.1 Å². The highest BCUT2D eigenvalue weighted by Gasteiger charge is 2.25. The topological polar surface area (TPSA) is 61.4 Å². The lowest BCUT2D eigenvalue weighted by atomic mass is 9.78. The molecule has 21 heavy (non-hydrogen) atoms. The van der Waals surface area contributed by atoms with E-state index in [1.807, 2.05) is 0 Å². The van der Waals surface area contributed by atoms with Gasteiger partial charge < -0.3 is 9.29 Å². The van der Waals surface area contributed by atoms with Gasteiger partial charge in [-0.15, -0.1) is 0 Å². The molecule has 3 atom stereocenters. The van der Waals surface area contributed by atoms with Crippen LogP contribution in [0.5, 0.6) is 5.75 Å². The van der Waals surface area contributed by atoms with Gasteiger partial charge in [-0.25, -0.2) is 9.11 Å². The largest absolute Gasteiger partial charge is 0.760 e. The summed E-state index contributed by atoms with van der Waals surface area (Å²) in [5, 5.41) is 0. The lowest BCUT2D eigenvalue weighted by molar-refractivity contribution is 0.143. The van der Waals surface area contributed by atoms with E-state index in [0.717, 1.165) is 19.3 Å². The molecular formula is C15H21FNO3S-. The Morgan fingerprint density at radius 3 is 2.81 bits per heavy atom. The zero-order valence-electron chi connectivity index (χ0n) is 11.9. The Hall–Kier alpha value is -0.980. The second-order valence-corrected chi connectivity index (χ2v) is 6.25. The van der Waals surface area contributed by atoms with Gasteiger partial charge >= 0.3 is 0 Å². The molecule has 4 nitrogen and oxygen atoms in total. The standard InChI is InChI=1S/C15H22FNO3S/c16-14-6-3-7-15(10-14)20-11-13-5-2-1-4-12(13)8-9-17-21(18)19/h3,6-7,10,12-13,17H,1-2,4-5,8-9,11H2,(H,18,19)/p-1. The fourth-order valence-electron chi connectivity index (χ4n) is 2.97. The van der Waals surface area contributed by atoms with Crippen LogP contribution in [0.4, 0.5) is 4.39 Å². The van der Waals surface area contributed by atoms with Crippen LogP contribution >= 0.6 is 0 Å². The van der Waals surface area contributed by atoms with E-state index in [1.165, 1.54) is 25.0 Å². The van der Waals surface area contributed by atoms with Crippen molar-refractivity contribution in [3.8, 4) is 5.75 Å². The molecule has 118 valence electrons. The van der Waals surface area contributed by atoms with E-state index >= 15 is 0 Å². The number of ether oxygens (including phenoxy) is 1. The summed E-state index contributed by atoms with van der Waals surface area (Å²) in [6.45, 7) is 1.03. The molecule has 0 aliphatic heterocycles. The Morgan fingerprint density at radius 2 is 2.10 bits per heavy atom. The number of nitrogens with one attached hydrogen (secondary N) is 1. The number of benzene rings is 1. The van der Waals surface area contributed by atoms with Crippen molar-refractivity contribution >= 4 is 11.3 Å². The highest BCUT2D eigenvalue weighted by atomic mass is 32.2. The highest BCUT2D eigenvalue weighted by Crippen LogP contribution is 2.32. The normalized spacial score (nSPS) is 23.7. The van der Waals surface area contributed by atoms with Crippen LogP contribution < -0.4 is 9.46 Å². The summed E-state index contributed by atoms with van der Waals surface area (Å²) in [4.78, 5) is 0. The van der Waals surface area contributed by atoms with Crippen molar-refractivity contribution in [2.45, 2.75) is 32.1 Å². The smallest absolute Gasteiger partial charge is 0.126 e. The minimum Gasteiger partial charge on any atom is -0.760 e. The van der Waals surface area contributed by atoms with Crippen molar-refractivity contribution in [3.05, 3.63) is 30.1 Å². The summed E-state index contributed by atoms with van der Waals surface area (Å²) in [6.07, 6.45) is 5.37. The molecule has 3 unspecified atom stereocenters. The molecule has 1 fully saturated rings. The third-order valence-electron chi connectivity index (χ3n) is 4.06. The van der Waals surface area contributed by atoms with Gasteiger partial charge in [-0.05, 0) is 36.8 Å². The summed E-state index contributed by atoms with van der Waals surface area (Å²) in [6, 6.07) is 6.17. The minimum absolute atomic E-state index is 0.296. The van der Waals surface area contributed by atoms with Crippen molar-refractivity contribution in [1.29, 1.82) is 0 Å². The molecule has 0 aromatic heterocycles. The van der Waals surface area contributed by atoms with Crippen LogP contribution in [0.2, 0.25) is 0 Å². The maximum atomic E-state index is 13.1. The summed E-state index contributed by atoms with van der Waals surface area (Å²) in [5.74, 6) is 1.13. The summed E-state index contributed by atoms with van der Waals surface area (Å²) >= 11 is -2.19. The summed E-state index contributed by atoms with van der Waals surface area (Å²) < 4.78 is 42.2. The predicted molar refractivity (Wildman–Crippen MR) is 78.9 cm³/mol. The molecule has 0 amide bonds. The molecule has 6 heteroatoms. The molecule has 0 spiro atoms. The molecule has 2 rings (SSSR count). The molecule has 0 saturated heterocycles. The van der Waals surface area contributed by atoms with E-state index in [0.29, 0.717) is 30.7 Å². The number of halogens is 1. The molecule has 0 heterocycles. The zero-order chi connectivity index (χ0) is 15.1. The van der Waals surface area contributed by atoms with E-state index in [2.05, 4.69) is 4.72 Å². The van der Waals surface area contributed by atoms with E-state index in [4.69, 9.17) is 4.74 Å². The van der Waals surface area contributed by atoms with Crippen LogP contribution in [0.25, 0.3) is 0 Å². The van der Waals surface area contributed by atoms with Crippen molar-refractivity contribution < 1.29 is 17.9 Å². The van der Waals surface area contributed by atoms with Gasteiger partial charge in [-0.2, -0.15) is 0 Å². The van der Waals surface area contributed by atoms with Crippen molar-refractivity contribution in [2.24, 2.45) is 11.8 Å². The van der Waals surface area contributed by atoms with Gasteiger partial charge in [-0.1, -0.05) is 25.3 Å². The first kappa shape index (κ1) is 16.4. The van der Waals surface area contributed by atoms with Crippen molar-refractivity contribution in [2.75, 3.05) is 13.2 Å². The Kier molecular flexibility index (Phi) is 6.60. The van der Waals surface area contributed by atoms with E-state index in [9.17, 15) is 13.2 Å². The van der Waals surface area contributed by atoms with Gasteiger partial charge in [0.05, 0.1) is 6.61 Å². The fourth-order valence-corrected chi connectivity index (χ4v) is 3.26. The molecule has 1 aliphatic carbocycles. The minimum atomic E-state index is -2.19. The van der Waals surface area contributed by atoms with E-state index in [1.54, 1.807) is 12.1 Å². The SMILES string of the molecule is O=S([O-])NCCC1CCCCC1COc1cccc(F)c1. The van der Waals surface area contributed by atoms with Crippen LogP contribution in [-0.2, 0) is 11.3 Å². The number of hydrogen-bond acceptors (Lipinski definition) is 3. The molecule has 0 radical (unpaired) electrons. The maximum absolute atomic E-state index is 13.1. The molecule has 0 bridgehead atoms. The lowest BCUT2D eigenvalue weighted by Crippen LogP contribution is -2.29. The van der Waals surface area contributed by atoms with Crippen LogP contribution in [0, 0.1) is 17.7 Å². The Labute approximate surface area is 127 Å². The van der Waals surface area contributed by atoms with Crippen LogP contribution in [-0.4, -0.2) is 21.9 Å². The van der Waals surface area contributed by atoms with Gasteiger partial charge in [0.15, 0.2) is 0 Å². The third kappa shape index (κ3) is 5.73. The fraction of sp³-hybridized carbons (Fsp3) is 0.600. The van der Waals surface area contributed by atoms with Crippen LogP contribution in [0.3, 0.4) is 0 Å². The average Bonchev–Trinajstić information content (AvgIpc) is 2.46. The number of rotatable bonds is 7. The van der Waals surface area contributed by atoms with Gasteiger partial charge in [0.2, 0.25) is 0 Å². The Morgan fingerprint density at radius 1 is 1.33 bits per heavy atom. The quantitative estimate of drug-likeness (QED) is 0.787. The second kappa shape index (κ2) is 8.46. The van der Waals surface area contributed by atoms with Gasteiger partial charge in [0.1, 0.15) is 11.6 Å². The molecule has 1 aromatic carbocycles. The average molecular weight is 314 g/mol. The monoisotopic (exact) mass is 314 g/mol. The molecule has 1 N–H and O–H groups in total. The van der Waals surface area contributed by atoms with Crippen LogP contribution in [0.15, 0.2) is 24.3 Å². The van der Waals surface area contributed by atoms with Gasteiger partial charge in [0.25, 0.3) is 0 Å². The first-order chi connectivity index (χ1) is 10.1. The van der Waals surface area contributed by atoms with Crippen molar-refractivity contribution in [1.82, 2.24) is 4.72 Å². The molecule has 1 aliphatic rings. The summed E-state index contributed by atoms with van der Waals surface area (Å²) in [5.41, 5.74) is 0. The Balaban J connectivity index is 1.82. The first-order valence-electron chi connectivity index (χ1n) is 7.36. The first-order valence-corrected chi connectivity index (χ1v) is 8.44. The maximum Gasteiger partial charge on any atom is 0.126 e. The van der Waals surface area contributed by atoms with Gasteiger partial charge in [-0.3, -0.25) is 4.21 Å². The van der Waals surface area contributed by atoms with E-state index < -0.39 is 11.3 Å². The van der Waals surface area contributed by atoms with Crippen molar-refractivity contribution in [3.63, 3.8) is 0 Å². The lowest BCUT2D eigenvalue weighted by Gasteiger charge is -2.31. The third-order valence-corrected chi connectivity index (χ3v) is 4.50. The Bertz CT molecular complexity index is 472. The highest BCUT2D eigenvalue weighted by molar-refractivity contribution is 7.77. The predicted octanol–water partition coefficient (Wildman–Crippen LogP) is 2.78. The second-order valence-electron chi connectivity index (χ2n) is 5.49. The zero-order valence-corrected chi connectivity index (χ0v) is 12.7. The van der Waals surface area contributed by atoms with Gasteiger partial charge in [0, 0.05) is 23.9 Å². The molecular weight excluding hydrogens is 293 g/mol. The molecule has 1 saturated carbocycles. The van der Waals surface area contributed by atoms with E-state index in [-0.39, 0.29) is 5.82 Å². The number of hydrogen-bond donors (Lipinski definition) is 1. The molecule has 1 aromatic rings.